The summed E-state index contributed by atoms with van der Waals surface area (Å²) in [7, 11) is -2.90. The molecule has 0 amide bonds. The van der Waals surface area contributed by atoms with Gasteiger partial charge in [-0.05, 0) is 26.7 Å². The molecular weight excluding hydrogens is 186 g/mol. The van der Waals surface area contributed by atoms with Crippen molar-refractivity contribution in [3.05, 3.63) is 0 Å². The van der Waals surface area contributed by atoms with Crippen molar-refractivity contribution < 1.29 is 8.42 Å². The summed E-state index contributed by atoms with van der Waals surface area (Å²) in [6.07, 6.45) is 2.23. The van der Waals surface area contributed by atoms with Crippen molar-refractivity contribution in [1.82, 2.24) is 0 Å². The Kier molecular flexibility index (Phi) is 5.56. The van der Waals surface area contributed by atoms with Gasteiger partial charge in [-0.25, -0.2) is 8.42 Å². The van der Waals surface area contributed by atoms with Crippen molar-refractivity contribution in [2.75, 3.05) is 5.75 Å². The Morgan fingerprint density at radius 3 is 2.15 bits per heavy atom. The molecule has 0 saturated carbocycles. The van der Waals surface area contributed by atoms with E-state index < -0.39 is 9.84 Å². The molecule has 2 unspecified atom stereocenters. The van der Waals surface area contributed by atoms with E-state index in [9.17, 15) is 8.42 Å². The first-order valence-corrected chi connectivity index (χ1v) is 6.58. The van der Waals surface area contributed by atoms with E-state index in [1.54, 1.807) is 6.92 Å². The van der Waals surface area contributed by atoms with Crippen LogP contribution in [0.1, 0.15) is 40.0 Å². The van der Waals surface area contributed by atoms with E-state index >= 15 is 0 Å². The van der Waals surface area contributed by atoms with Crippen LogP contribution in [0, 0.1) is 0 Å². The van der Waals surface area contributed by atoms with E-state index in [-0.39, 0.29) is 17.0 Å². The minimum atomic E-state index is -2.90. The Morgan fingerprint density at radius 1 is 1.23 bits per heavy atom. The lowest BCUT2D eigenvalue weighted by Gasteiger charge is -2.12. The molecule has 0 fully saturated rings. The molecule has 0 aromatic rings. The maximum Gasteiger partial charge on any atom is 0.152 e. The maximum absolute atomic E-state index is 11.6. The average molecular weight is 207 g/mol. The fraction of sp³-hybridized carbons (Fsp3) is 1.00. The topological polar surface area (TPSA) is 60.2 Å². The number of hydrogen-bond donors (Lipinski definition) is 1. The maximum atomic E-state index is 11.6. The van der Waals surface area contributed by atoms with Crippen LogP contribution in [0.3, 0.4) is 0 Å². The fourth-order valence-electron chi connectivity index (χ4n) is 1.14. The van der Waals surface area contributed by atoms with E-state index in [0.29, 0.717) is 6.42 Å². The van der Waals surface area contributed by atoms with Crippen LogP contribution in [0.15, 0.2) is 0 Å². The number of sulfone groups is 1. The van der Waals surface area contributed by atoms with Gasteiger partial charge in [0.1, 0.15) is 0 Å². The first-order chi connectivity index (χ1) is 5.90. The summed E-state index contributed by atoms with van der Waals surface area (Å²) in [4.78, 5) is 0. The summed E-state index contributed by atoms with van der Waals surface area (Å²) in [5.41, 5.74) is 5.51. The third-order valence-corrected chi connectivity index (χ3v) is 4.43. The monoisotopic (exact) mass is 207 g/mol. The molecule has 3 nitrogen and oxygen atoms in total. The molecule has 4 heteroatoms. The first kappa shape index (κ1) is 12.9. The zero-order valence-electron chi connectivity index (χ0n) is 8.79. The minimum Gasteiger partial charge on any atom is -0.328 e. The molecule has 80 valence electrons. The Morgan fingerprint density at radius 2 is 1.77 bits per heavy atom. The van der Waals surface area contributed by atoms with Crippen molar-refractivity contribution in [1.29, 1.82) is 0 Å². The highest BCUT2D eigenvalue weighted by atomic mass is 32.2. The lowest BCUT2D eigenvalue weighted by atomic mass is 10.3. The van der Waals surface area contributed by atoms with Crippen LogP contribution in [0.5, 0.6) is 0 Å². The Balaban J connectivity index is 4.07. The predicted molar refractivity (Wildman–Crippen MR) is 56.4 cm³/mol. The standard InChI is InChI=1S/C9H21NO2S/c1-4-5-9(3)13(11,12)7-6-8(2)10/h8-9H,4-7,10H2,1-3H3. The average Bonchev–Trinajstić information content (AvgIpc) is 2.01. The van der Waals surface area contributed by atoms with Gasteiger partial charge in [0, 0.05) is 6.04 Å². The van der Waals surface area contributed by atoms with Gasteiger partial charge >= 0.3 is 0 Å². The van der Waals surface area contributed by atoms with Crippen molar-refractivity contribution >= 4 is 9.84 Å². The van der Waals surface area contributed by atoms with Crippen LogP contribution in [0.25, 0.3) is 0 Å². The van der Waals surface area contributed by atoms with Gasteiger partial charge in [0.05, 0.1) is 11.0 Å². The van der Waals surface area contributed by atoms with Gasteiger partial charge < -0.3 is 5.73 Å². The van der Waals surface area contributed by atoms with E-state index in [2.05, 4.69) is 0 Å². The molecule has 2 N–H and O–H groups in total. The van der Waals surface area contributed by atoms with Crippen LogP contribution in [-0.2, 0) is 9.84 Å². The Labute approximate surface area is 81.6 Å². The molecule has 0 aliphatic heterocycles. The van der Waals surface area contributed by atoms with Crippen LogP contribution in [0.2, 0.25) is 0 Å². The van der Waals surface area contributed by atoms with E-state index in [1.165, 1.54) is 0 Å². The molecule has 0 aromatic carbocycles. The number of nitrogens with two attached hydrogens (primary N) is 1. The van der Waals surface area contributed by atoms with E-state index in [4.69, 9.17) is 5.73 Å². The largest absolute Gasteiger partial charge is 0.328 e. The molecule has 0 bridgehead atoms. The van der Waals surface area contributed by atoms with E-state index in [0.717, 1.165) is 12.8 Å². The van der Waals surface area contributed by atoms with Crippen LogP contribution in [-0.4, -0.2) is 25.5 Å². The summed E-state index contributed by atoms with van der Waals surface area (Å²) in [6.45, 7) is 5.61. The minimum absolute atomic E-state index is 0.0244. The molecule has 2 atom stereocenters. The third kappa shape index (κ3) is 5.26. The van der Waals surface area contributed by atoms with Crippen molar-refractivity contribution in [3.63, 3.8) is 0 Å². The third-order valence-electron chi connectivity index (χ3n) is 2.17. The van der Waals surface area contributed by atoms with Crippen molar-refractivity contribution in [3.8, 4) is 0 Å². The first-order valence-electron chi connectivity index (χ1n) is 4.87. The fourth-order valence-corrected chi connectivity index (χ4v) is 2.83. The van der Waals surface area contributed by atoms with Crippen LogP contribution in [0.4, 0.5) is 0 Å². The summed E-state index contributed by atoms with van der Waals surface area (Å²) in [6, 6.07) is -0.0244. The second kappa shape index (κ2) is 5.60. The highest BCUT2D eigenvalue weighted by Crippen LogP contribution is 2.10. The number of rotatable bonds is 6. The second-order valence-corrected chi connectivity index (χ2v) is 6.27. The predicted octanol–water partition coefficient (Wildman–Crippen LogP) is 1.33. The molecule has 0 aliphatic carbocycles. The van der Waals surface area contributed by atoms with Crippen molar-refractivity contribution in [2.24, 2.45) is 5.73 Å². The van der Waals surface area contributed by atoms with Gasteiger partial charge in [0.25, 0.3) is 0 Å². The van der Waals surface area contributed by atoms with Gasteiger partial charge in [-0.3, -0.25) is 0 Å². The summed E-state index contributed by atoms with van der Waals surface area (Å²) in [5.74, 6) is 0.228. The summed E-state index contributed by atoms with van der Waals surface area (Å²) in [5, 5.41) is -0.212. The molecule has 0 heterocycles. The molecule has 0 saturated heterocycles. The highest BCUT2D eigenvalue weighted by Gasteiger charge is 2.19. The quantitative estimate of drug-likeness (QED) is 0.714. The van der Waals surface area contributed by atoms with Gasteiger partial charge in [0.2, 0.25) is 0 Å². The molecule has 13 heavy (non-hydrogen) atoms. The smallest absolute Gasteiger partial charge is 0.152 e. The highest BCUT2D eigenvalue weighted by molar-refractivity contribution is 7.91. The summed E-state index contributed by atoms with van der Waals surface area (Å²) < 4.78 is 23.1. The summed E-state index contributed by atoms with van der Waals surface area (Å²) >= 11 is 0. The molecule has 0 spiro atoms. The zero-order valence-corrected chi connectivity index (χ0v) is 9.60. The number of hydrogen-bond acceptors (Lipinski definition) is 3. The molecule has 0 radical (unpaired) electrons. The van der Waals surface area contributed by atoms with Gasteiger partial charge in [-0.1, -0.05) is 13.3 Å². The zero-order chi connectivity index (χ0) is 10.5. The Bertz CT molecular complexity index is 222. The van der Waals surface area contributed by atoms with Gasteiger partial charge in [0.15, 0.2) is 9.84 Å². The lowest BCUT2D eigenvalue weighted by molar-refractivity contribution is 0.568. The lowest BCUT2D eigenvalue weighted by Crippen LogP contribution is -2.25. The van der Waals surface area contributed by atoms with Gasteiger partial charge in [-0.15, -0.1) is 0 Å². The Hall–Kier alpha value is -0.0900. The van der Waals surface area contributed by atoms with Crippen molar-refractivity contribution in [2.45, 2.75) is 51.3 Å². The molecule has 0 aliphatic rings. The van der Waals surface area contributed by atoms with Crippen LogP contribution >= 0.6 is 0 Å². The van der Waals surface area contributed by atoms with E-state index in [1.807, 2.05) is 13.8 Å². The van der Waals surface area contributed by atoms with Gasteiger partial charge in [-0.2, -0.15) is 0 Å². The molecule has 0 rings (SSSR count). The SMILES string of the molecule is CCCC(C)S(=O)(=O)CCC(C)N. The van der Waals surface area contributed by atoms with Crippen LogP contribution < -0.4 is 5.73 Å². The normalized spacial score (nSPS) is 16.9. The molecule has 0 aromatic heterocycles. The second-order valence-electron chi connectivity index (χ2n) is 3.73. The molecular formula is C9H21NO2S.